The molecule has 0 bridgehead atoms. The van der Waals surface area contributed by atoms with E-state index >= 15 is 4.39 Å². The maximum atomic E-state index is 15.5. The van der Waals surface area contributed by atoms with Crippen molar-refractivity contribution in [1.29, 1.82) is 0 Å². The van der Waals surface area contributed by atoms with Crippen LogP contribution in [0, 0.1) is 5.82 Å². The van der Waals surface area contributed by atoms with Gasteiger partial charge in [-0.3, -0.25) is 4.79 Å². The molecule has 0 aliphatic carbocycles. The predicted octanol–water partition coefficient (Wildman–Crippen LogP) is 4.46. The third kappa shape index (κ3) is 5.15. The summed E-state index contributed by atoms with van der Waals surface area (Å²) in [6.07, 6.45) is 3.04. The summed E-state index contributed by atoms with van der Waals surface area (Å²) in [4.78, 5) is 13.1. The number of halogens is 1. The number of amides is 1. The minimum absolute atomic E-state index is 0.0307. The molecule has 2 unspecified atom stereocenters. The molecule has 0 aromatic heterocycles. The van der Waals surface area contributed by atoms with E-state index in [1.54, 1.807) is 12.1 Å². The first kappa shape index (κ1) is 25.8. The second-order valence-electron chi connectivity index (χ2n) is 9.67. The highest BCUT2D eigenvalue weighted by Gasteiger charge is 2.43. The van der Waals surface area contributed by atoms with Crippen LogP contribution in [0.4, 0.5) is 4.39 Å². The Morgan fingerprint density at radius 1 is 1.14 bits per heavy atom. The molecule has 2 aromatic rings. The number of hydrogen-bond donors (Lipinski definition) is 1. The van der Waals surface area contributed by atoms with Crippen LogP contribution < -0.4 is 5.32 Å². The number of carbonyl (C=O) groups excluding carboxylic acids is 1. The summed E-state index contributed by atoms with van der Waals surface area (Å²) in [6, 6.07) is 13.8. The molecule has 35 heavy (non-hydrogen) atoms. The SMILES string of the molecule is CCCNC(=O)C1(c2ccc(CN3C(C)CCC(c4ccccc4)S3(=O)=O)c(F)c2)CCOCC1. The normalized spacial score (nSPS) is 24.1. The van der Waals surface area contributed by atoms with Crippen LogP contribution in [0.5, 0.6) is 0 Å². The number of hydrogen-bond acceptors (Lipinski definition) is 4. The lowest BCUT2D eigenvalue weighted by Crippen LogP contribution is -2.48. The van der Waals surface area contributed by atoms with Gasteiger partial charge >= 0.3 is 0 Å². The maximum absolute atomic E-state index is 15.5. The largest absolute Gasteiger partial charge is 0.381 e. The van der Waals surface area contributed by atoms with Crippen molar-refractivity contribution in [2.75, 3.05) is 19.8 Å². The van der Waals surface area contributed by atoms with Gasteiger partial charge in [0.05, 0.1) is 5.41 Å². The van der Waals surface area contributed by atoms with Gasteiger partial charge in [0.25, 0.3) is 0 Å². The lowest BCUT2D eigenvalue weighted by atomic mass is 9.73. The highest BCUT2D eigenvalue weighted by atomic mass is 32.2. The quantitative estimate of drug-likeness (QED) is 0.607. The van der Waals surface area contributed by atoms with E-state index in [4.69, 9.17) is 4.74 Å². The summed E-state index contributed by atoms with van der Waals surface area (Å²) in [5.74, 6) is -0.589. The minimum atomic E-state index is -3.66. The van der Waals surface area contributed by atoms with Gasteiger partial charge in [-0.25, -0.2) is 12.8 Å². The van der Waals surface area contributed by atoms with Crippen LogP contribution in [0.25, 0.3) is 0 Å². The van der Waals surface area contributed by atoms with Gasteiger partial charge in [-0.05, 0) is 56.2 Å². The number of carbonyl (C=O) groups is 1. The van der Waals surface area contributed by atoms with E-state index in [0.717, 1.165) is 12.0 Å². The first-order valence-electron chi connectivity index (χ1n) is 12.5. The van der Waals surface area contributed by atoms with Gasteiger partial charge in [-0.1, -0.05) is 49.4 Å². The van der Waals surface area contributed by atoms with Gasteiger partial charge in [-0.15, -0.1) is 0 Å². The third-order valence-corrected chi connectivity index (χ3v) is 9.81. The van der Waals surface area contributed by atoms with Gasteiger partial charge in [0.2, 0.25) is 15.9 Å². The Kier molecular flexibility index (Phi) is 7.93. The monoisotopic (exact) mass is 502 g/mol. The van der Waals surface area contributed by atoms with Crippen LogP contribution in [0.1, 0.15) is 67.9 Å². The number of nitrogens with zero attached hydrogens (tertiary/aromatic N) is 1. The fourth-order valence-corrected chi connectivity index (χ4v) is 7.46. The first-order chi connectivity index (χ1) is 16.8. The standard InChI is InChI=1S/C27H35FN2O4S/c1-3-15-29-26(31)27(13-16-34-17-14-27)23-11-10-22(24(28)18-23)19-30-20(2)9-12-25(35(30,32)33)21-7-5-4-6-8-21/h4-8,10-11,18,20,25H,3,9,12-17,19H2,1-2H3,(H,29,31). The van der Waals surface area contributed by atoms with Crippen molar-refractivity contribution in [2.24, 2.45) is 0 Å². The molecule has 2 aliphatic rings. The Hall–Kier alpha value is -2.29. The van der Waals surface area contributed by atoms with E-state index in [2.05, 4.69) is 5.32 Å². The van der Waals surface area contributed by atoms with Crippen molar-refractivity contribution in [2.45, 2.75) is 69.2 Å². The number of nitrogens with one attached hydrogen (secondary N) is 1. The number of rotatable bonds is 7. The molecule has 1 amide bonds. The molecule has 1 N–H and O–H groups in total. The number of ether oxygens (including phenoxy) is 1. The molecular formula is C27H35FN2O4S. The van der Waals surface area contributed by atoms with Gasteiger partial charge in [0.1, 0.15) is 11.1 Å². The summed E-state index contributed by atoms with van der Waals surface area (Å²) in [5.41, 5.74) is 0.858. The van der Waals surface area contributed by atoms with E-state index in [1.165, 1.54) is 10.4 Å². The molecule has 2 heterocycles. The lowest BCUT2D eigenvalue weighted by Gasteiger charge is -2.38. The summed E-state index contributed by atoms with van der Waals surface area (Å²) in [6.45, 7) is 5.27. The topological polar surface area (TPSA) is 75.7 Å². The van der Waals surface area contributed by atoms with Crippen LogP contribution in [0.3, 0.4) is 0 Å². The molecule has 190 valence electrons. The zero-order valence-corrected chi connectivity index (χ0v) is 21.3. The smallest absolute Gasteiger partial charge is 0.230 e. The van der Waals surface area contributed by atoms with E-state index in [1.807, 2.05) is 44.2 Å². The highest BCUT2D eigenvalue weighted by molar-refractivity contribution is 7.89. The van der Waals surface area contributed by atoms with Crippen molar-refractivity contribution < 1.29 is 22.3 Å². The summed E-state index contributed by atoms with van der Waals surface area (Å²) in [5, 5.41) is 2.34. The van der Waals surface area contributed by atoms with Gasteiger partial charge in [0, 0.05) is 37.9 Å². The van der Waals surface area contributed by atoms with E-state index in [9.17, 15) is 13.2 Å². The van der Waals surface area contributed by atoms with Crippen molar-refractivity contribution in [3.8, 4) is 0 Å². The fraction of sp³-hybridized carbons (Fsp3) is 0.519. The Morgan fingerprint density at radius 2 is 1.86 bits per heavy atom. The van der Waals surface area contributed by atoms with Gasteiger partial charge in [-0.2, -0.15) is 4.31 Å². The zero-order valence-electron chi connectivity index (χ0n) is 20.5. The Morgan fingerprint density at radius 3 is 2.51 bits per heavy atom. The summed E-state index contributed by atoms with van der Waals surface area (Å²) >= 11 is 0. The minimum Gasteiger partial charge on any atom is -0.381 e. The third-order valence-electron chi connectivity index (χ3n) is 7.44. The first-order valence-corrected chi connectivity index (χ1v) is 14.0. The molecule has 2 aromatic carbocycles. The Bertz CT molecular complexity index is 1130. The van der Waals surface area contributed by atoms with E-state index < -0.39 is 26.5 Å². The molecule has 0 spiro atoms. The van der Waals surface area contributed by atoms with E-state index in [0.29, 0.717) is 56.6 Å². The molecule has 2 atom stereocenters. The van der Waals surface area contributed by atoms with Gasteiger partial charge in [0.15, 0.2) is 0 Å². The summed E-state index contributed by atoms with van der Waals surface area (Å²) in [7, 11) is -3.66. The number of benzene rings is 2. The predicted molar refractivity (Wildman–Crippen MR) is 134 cm³/mol. The average molecular weight is 503 g/mol. The molecule has 0 saturated carbocycles. The highest BCUT2D eigenvalue weighted by Crippen LogP contribution is 2.39. The molecule has 0 radical (unpaired) electrons. The van der Waals surface area contributed by atoms with Crippen LogP contribution >= 0.6 is 0 Å². The molecule has 8 heteroatoms. The Balaban J connectivity index is 1.61. The molecular weight excluding hydrogens is 467 g/mol. The molecule has 4 rings (SSSR count). The van der Waals surface area contributed by atoms with Crippen LogP contribution in [-0.4, -0.2) is 44.4 Å². The Labute approximate surface area is 207 Å². The molecule has 2 saturated heterocycles. The van der Waals surface area contributed by atoms with Crippen LogP contribution in [0.15, 0.2) is 48.5 Å². The van der Waals surface area contributed by atoms with Gasteiger partial charge < -0.3 is 10.1 Å². The lowest BCUT2D eigenvalue weighted by molar-refractivity contribution is -0.130. The van der Waals surface area contributed by atoms with Crippen molar-refractivity contribution >= 4 is 15.9 Å². The number of sulfonamides is 1. The molecule has 2 fully saturated rings. The second-order valence-corrected chi connectivity index (χ2v) is 11.7. The van der Waals surface area contributed by atoms with Crippen molar-refractivity contribution in [1.82, 2.24) is 9.62 Å². The maximum Gasteiger partial charge on any atom is 0.230 e. The zero-order chi connectivity index (χ0) is 25.1. The molecule has 6 nitrogen and oxygen atoms in total. The van der Waals surface area contributed by atoms with E-state index in [-0.39, 0.29) is 18.5 Å². The van der Waals surface area contributed by atoms with Crippen LogP contribution in [0.2, 0.25) is 0 Å². The molecule has 2 aliphatic heterocycles. The van der Waals surface area contributed by atoms with Crippen molar-refractivity contribution in [3.63, 3.8) is 0 Å². The van der Waals surface area contributed by atoms with Crippen LogP contribution in [-0.2, 0) is 31.5 Å². The fourth-order valence-electron chi connectivity index (χ4n) is 5.27. The second kappa shape index (κ2) is 10.8. The summed E-state index contributed by atoms with van der Waals surface area (Å²) < 4.78 is 49.4. The average Bonchev–Trinajstić information content (AvgIpc) is 2.86. The van der Waals surface area contributed by atoms with Crippen molar-refractivity contribution in [3.05, 3.63) is 71.0 Å².